The van der Waals surface area contributed by atoms with Gasteiger partial charge in [0.25, 0.3) is 0 Å². The molecule has 0 aromatic carbocycles. The predicted molar refractivity (Wildman–Crippen MR) is 65.2 cm³/mol. The van der Waals surface area contributed by atoms with Crippen LogP contribution in [-0.4, -0.2) is 40.9 Å². The zero-order valence-electron chi connectivity index (χ0n) is 10.2. The lowest BCUT2D eigenvalue weighted by Crippen LogP contribution is -2.38. The van der Waals surface area contributed by atoms with Crippen molar-refractivity contribution in [2.75, 3.05) is 24.6 Å². The van der Waals surface area contributed by atoms with E-state index < -0.39 is 0 Å². The van der Waals surface area contributed by atoms with Crippen LogP contribution in [0, 0.1) is 0 Å². The number of ether oxygens (including phenoxy) is 1. The maximum Gasteiger partial charge on any atom is 0.225 e. The van der Waals surface area contributed by atoms with Crippen molar-refractivity contribution in [1.29, 1.82) is 0 Å². The van der Waals surface area contributed by atoms with Crippen LogP contribution in [0.1, 0.15) is 26.2 Å². The minimum absolute atomic E-state index is 0.106. The quantitative estimate of drug-likeness (QED) is 0.861. The van der Waals surface area contributed by atoms with Gasteiger partial charge in [-0.05, 0) is 19.3 Å². The van der Waals surface area contributed by atoms with Gasteiger partial charge in [-0.3, -0.25) is 0 Å². The molecular weight excluding hydrogens is 218 g/mol. The van der Waals surface area contributed by atoms with E-state index in [4.69, 9.17) is 9.84 Å². The maximum atomic E-state index is 9.13. The van der Waals surface area contributed by atoms with Crippen LogP contribution in [0.5, 0.6) is 5.75 Å². The fraction of sp³-hybridized carbons (Fsp3) is 0.667. The molecule has 5 heteroatoms. The molecule has 1 aliphatic rings. The molecule has 1 N–H and O–H groups in total. The van der Waals surface area contributed by atoms with Gasteiger partial charge in [-0.25, -0.2) is 9.97 Å². The zero-order chi connectivity index (χ0) is 12.1. The summed E-state index contributed by atoms with van der Waals surface area (Å²) < 4.78 is 5.73. The van der Waals surface area contributed by atoms with E-state index in [-0.39, 0.29) is 5.75 Å². The minimum Gasteiger partial charge on any atom is -0.505 e. The summed E-state index contributed by atoms with van der Waals surface area (Å²) in [6.07, 6.45) is 6.35. The number of aromatic hydroxyl groups is 1. The second-order valence-electron chi connectivity index (χ2n) is 4.30. The van der Waals surface area contributed by atoms with Crippen molar-refractivity contribution in [3.8, 4) is 5.75 Å². The van der Waals surface area contributed by atoms with Gasteiger partial charge in [0.15, 0.2) is 5.75 Å². The second kappa shape index (κ2) is 5.82. The molecule has 1 fully saturated rings. The van der Waals surface area contributed by atoms with E-state index in [1.54, 1.807) is 0 Å². The molecule has 5 nitrogen and oxygen atoms in total. The molecule has 1 aliphatic heterocycles. The third-order valence-electron chi connectivity index (χ3n) is 2.91. The van der Waals surface area contributed by atoms with E-state index in [1.807, 2.05) is 0 Å². The Balaban J connectivity index is 1.84. The van der Waals surface area contributed by atoms with Gasteiger partial charge >= 0.3 is 0 Å². The van der Waals surface area contributed by atoms with Crippen molar-refractivity contribution in [2.24, 2.45) is 0 Å². The van der Waals surface area contributed by atoms with Crippen molar-refractivity contribution >= 4 is 5.95 Å². The first-order chi connectivity index (χ1) is 8.29. The number of rotatable bonds is 4. The number of hydrogen-bond donors (Lipinski definition) is 1. The number of anilines is 1. The Labute approximate surface area is 101 Å². The van der Waals surface area contributed by atoms with Crippen LogP contribution in [0.2, 0.25) is 0 Å². The predicted octanol–water partition coefficient (Wildman–Crippen LogP) is 1.58. The summed E-state index contributed by atoms with van der Waals surface area (Å²) in [5, 5.41) is 9.13. The first-order valence-corrected chi connectivity index (χ1v) is 6.17. The fourth-order valence-electron chi connectivity index (χ4n) is 1.98. The molecule has 94 valence electrons. The summed E-state index contributed by atoms with van der Waals surface area (Å²) in [6.45, 7) is 4.80. The van der Waals surface area contributed by atoms with Crippen LogP contribution >= 0.6 is 0 Å². The van der Waals surface area contributed by atoms with Gasteiger partial charge in [0.05, 0.1) is 18.5 Å². The van der Waals surface area contributed by atoms with Crippen LogP contribution in [0.25, 0.3) is 0 Å². The summed E-state index contributed by atoms with van der Waals surface area (Å²) in [7, 11) is 0. The van der Waals surface area contributed by atoms with Crippen LogP contribution in [0.15, 0.2) is 12.4 Å². The van der Waals surface area contributed by atoms with Crippen molar-refractivity contribution < 1.29 is 9.84 Å². The van der Waals surface area contributed by atoms with Crippen LogP contribution < -0.4 is 4.90 Å². The fourth-order valence-corrected chi connectivity index (χ4v) is 1.98. The molecule has 0 aliphatic carbocycles. The van der Waals surface area contributed by atoms with E-state index in [0.29, 0.717) is 12.1 Å². The van der Waals surface area contributed by atoms with Crippen LogP contribution in [0.4, 0.5) is 5.95 Å². The molecule has 17 heavy (non-hydrogen) atoms. The van der Waals surface area contributed by atoms with Gasteiger partial charge in [0.2, 0.25) is 5.95 Å². The highest BCUT2D eigenvalue weighted by atomic mass is 16.5. The molecule has 0 spiro atoms. The Morgan fingerprint density at radius 1 is 1.35 bits per heavy atom. The first-order valence-electron chi connectivity index (χ1n) is 6.17. The number of piperidine rings is 1. The summed E-state index contributed by atoms with van der Waals surface area (Å²) in [6, 6.07) is 0. The molecule has 2 rings (SSSR count). The Hall–Kier alpha value is -1.36. The number of nitrogens with zero attached hydrogens (tertiary/aromatic N) is 3. The monoisotopic (exact) mass is 237 g/mol. The molecule has 0 bridgehead atoms. The molecule has 0 atom stereocenters. The van der Waals surface area contributed by atoms with Gasteiger partial charge < -0.3 is 14.7 Å². The lowest BCUT2D eigenvalue weighted by atomic mass is 10.1. The Bertz CT molecular complexity index is 334. The summed E-state index contributed by atoms with van der Waals surface area (Å²) in [5.74, 6) is 0.798. The zero-order valence-corrected chi connectivity index (χ0v) is 10.2. The third-order valence-corrected chi connectivity index (χ3v) is 2.91. The van der Waals surface area contributed by atoms with E-state index in [1.165, 1.54) is 12.4 Å². The molecule has 2 heterocycles. The highest BCUT2D eigenvalue weighted by Crippen LogP contribution is 2.18. The van der Waals surface area contributed by atoms with E-state index >= 15 is 0 Å². The number of aromatic nitrogens is 2. The number of hydrogen-bond acceptors (Lipinski definition) is 5. The summed E-state index contributed by atoms with van der Waals surface area (Å²) in [4.78, 5) is 10.4. The van der Waals surface area contributed by atoms with Crippen LogP contribution in [0.3, 0.4) is 0 Å². The van der Waals surface area contributed by atoms with Gasteiger partial charge in [-0.2, -0.15) is 0 Å². The molecular formula is C12H19N3O2. The Morgan fingerprint density at radius 3 is 2.59 bits per heavy atom. The standard InChI is InChI=1S/C12H19N3O2/c1-2-7-17-11-3-5-15(6-4-11)12-13-8-10(16)9-14-12/h8-9,11,16H,2-7H2,1H3. The smallest absolute Gasteiger partial charge is 0.225 e. The van der Waals surface area contributed by atoms with Crippen molar-refractivity contribution in [3.63, 3.8) is 0 Å². The lowest BCUT2D eigenvalue weighted by Gasteiger charge is -2.31. The Morgan fingerprint density at radius 2 is 2.00 bits per heavy atom. The van der Waals surface area contributed by atoms with Crippen LogP contribution in [-0.2, 0) is 4.74 Å². The molecule has 1 aromatic heterocycles. The molecule has 0 saturated carbocycles. The topological polar surface area (TPSA) is 58.5 Å². The molecule has 1 saturated heterocycles. The molecule has 1 aromatic rings. The molecule has 0 radical (unpaired) electrons. The van der Waals surface area contributed by atoms with Gasteiger partial charge in [0, 0.05) is 19.7 Å². The summed E-state index contributed by atoms with van der Waals surface area (Å²) in [5.41, 5.74) is 0. The normalized spacial score (nSPS) is 17.4. The van der Waals surface area contributed by atoms with E-state index in [9.17, 15) is 0 Å². The highest BCUT2D eigenvalue weighted by Gasteiger charge is 2.20. The average Bonchev–Trinajstić information content (AvgIpc) is 2.38. The van der Waals surface area contributed by atoms with E-state index in [2.05, 4.69) is 21.8 Å². The third kappa shape index (κ3) is 3.30. The SMILES string of the molecule is CCCOC1CCN(c2ncc(O)cn2)CC1. The highest BCUT2D eigenvalue weighted by molar-refractivity contribution is 5.31. The average molecular weight is 237 g/mol. The molecule has 0 unspecified atom stereocenters. The van der Waals surface area contributed by atoms with Crippen molar-refractivity contribution in [2.45, 2.75) is 32.3 Å². The van der Waals surface area contributed by atoms with E-state index in [0.717, 1.165) is 39.0 Å². The molecule has 0 amide bonds. The van der Waals surface area contributed by atoms with Gasteiger partial charge in [-0.1, -0.05) is 6.92 Å². The van der Waals surface area contributed by atoms with Crippen molar-refractivity contribution in [3.05, 3.63) is 12.4 Å². The van der Waals surface area contributed by atoms with Crippen molar-refractivity contribution in [1.82, 2.24) is 9.97 Å². The maximum absolute atomic E-state index is 9.13. The Kier molecular flexibility index (Phi) is 4.14. The second-order valence-corrected chi connectivity index (χ2v) is 4.30. The minimum atomic E-state index is 0.106. The summed E-state index contributed by atoms with van der Waals surface area (Å²) >= 11 is 0. The first kappa shape index (κ1) is 12.1. The largest absolute Gasteiger partial charge is 0.505 e. The van der Waals surface area contributed by atoms with Gasteiger partial charge in [-0.15, -0.1) is 0 Å². The van der Waals surface area contributed by atoms with Gasteiger partial charge in [0.1, 0.15) is 0 Å². The lowest BCUT2D eigenvalue weighted by molar-refractivity contribution is 0.0373.